The van der Waals surface area contributed by atoms with Gasteiger partial charge in [-0.15, -0.1) is 0 Å². The molecule has 0 N–H and O–H groups in total. The second-order valence-electron chi connectivity index (χ2n) is 7.53. The Hall–Kier alpha value is -2.37. The number of benzene rings is 1. The summed E-state index contributed by atoms with van der Waals surface area (Å²) in [5.41, 5.74) is 0.439. The van der Waals surface area contributed by atoms with Crippen molar-refractivity contribution in [2.45, 2.75) is 51.0 Å². The smallest absolute Gasteiger partial charge is 0.327 e. The van der Waals surface area contributed by atoms with E-state index in [1.54, 1.807) is 16.8 Å². The molecule has 0 aromatic heterocycles. The van der Waals surface area contributed by atoms with Gasteiger partial charge >= 0.3 is 6.03 Å². The maximum Gasteiger partial charge on any atom is 0.327 e. The van der Waals surface area contributed by atoms with Crippen molar-refractivity contribution < 1.29 is 14.4 Å². The Labute approximate surface area is 161 Å². The van der Waals surface area contributed by atoms with Crippen LogP contribution in [0, 0.1) is 0 Å². The topological polar surface area (TPSA) is 60.9 Å². The van der Waals surface area contributed by atoms with Crippen molar-refractivity contribution in [2.24, 2.45) is 0 Å². The van der Waals surface area contributed by atoms with Crippen molar-refractivity contribution in [1.29, 1.82) is 0 Å². The Kier molecular flexibility index (Phi) is 5.82. The molecule has 27 heavy (non-hydrogen) atoms. The number of rotatable bonds is 6. The van der Waals surface area contributed by atoms with E-state index in [0.29, 0.717) is 25.9 Å². The molecule has 4 amide bonds. The average Bonchev–Trinajstić information content (AvgIpc) is 2.86. The van der Waals surface area contributed by atoms with E-state index in [1.165, 1.54) is 4.90 Å². The maximum atomic E-state index is 13.0. The van der Waals surface area contributed by atoms with Crippen molar-refractivity contribution in [3.8, 4) is 0 Å². The number of urea groups is 1. The molecule has 1 saturated carbocycles. The number of carbonyl (C=O) groups excluding carboxylic acids is 3. The third-order valence-corrected chi connectivity index (χ3v) is 6.02. The highest BCUT2D eigenvalue weighted by Crippen LogP contribution is 2.39. The normalized spacial score (nSPS) is 19.0. The summed E-state index contributed by atoms with van der Waals surface area (Å²) in [5, 5.41) is 0. The monoisotopic (exact) mass is 371 g/mol. The van der Waals surface area contributed by atoms with Gasteiger partial charge in [0.2, 0.25) is 5.91 Å². The summed E-state index contributed by atoms with van der Waals surface area (Å²) in [4.78, 5) is 42.9. The molecule has 0 radical (unpaired) electrons. The molecule has 146 valence electrons. The van der Waals surface area contributed by atoms with E-state index in [9.17, 15) is 14.4 Å². The molecular formula is C21H29N3O3. The number of nitrogens with zero attached hydrogens (tertiary/aromatic N) is 3. The van der Waals surface area contributed by atoms with Crippen LogP contribution >= 0.6 is 0 Å². The largest absolute Gasteiger partial charge is 0.341 e. The third kappa shape index (κ3) is 3.70. The molecule has 1 spiro atoms. The van der Waals surface area contributed by atoms with Crippen LogP contribution in [0.5, 0.6) is 0 Å². The predicted molar refractivity (Wildman–Crippen MR) is 103 cm³/mol. The van der Waals surface area contributed by atoms with Crippen molar-refractivity contribution in [3.63, 3.8) is 0 Å². The number of hydrogen-bond acceptors (Lipinski definition) is 3. The second kappa shape index (κ2) is 8.11. The summed E-state index contributed by atoms with van der Waals surface area (Å²) in [5.74, 6) is -0.362. The van der Waals surface area contributed by atoms with E-state index in [4.69, 9.17) is 0 Å². The average molecular weight is 371 g/mol. The SMILES string of the molecule is CCN(CCc1ccccc1)C(=O)CN1C(=O)N(C)C2(CCCCC2)C1=O. The lowest BCUT2D eigenvalue weighted by Crippen LogP contribution is -2.49. The Balaban J connectivity index is 1.65. The van der Waals surface area contributed by atoms with Crippen LogP contribution in [-0.2, 0) is 16.0 Å². The Morgan fingerprint density at radius 2 is 1.78 bits per heavy atom. The number of carbonyl (C=O) groups is 3. The first-order valence-corrected chi connectivity index (χ1v) is 9.91. The standard InChI is InChI=1S/C21H29N3O3/c1-3-23(15-12-17-10-6-4-7-11-17)18(25)16-24-19(26)21(22(2)20(24)27)13-8-5-9-14-21/h4,6-7,10-11H,3,5,8-9,12-16H2,1-2H3. The van der Waals surface area contributed by atoms with E-state index in [-0.39, 0.29) is 24.4 Å². The number of amides is 4. The van der Waals surface area contributed by atoms with Gasteiger partial charge in [0, 0.05) is 20.1 Å². The summed E-state index contributed by atoms with van der Waals surface area (Å²) in [6.45, 7) is 2.90. The van der Waals surface area contributed by atoms with Crippen molar-refractivity contribution >= 4 is 17.8 Å². The fraction of sp³-hybridized carbons (Fsp3) is 0.571. The lowest BCUT2D eigenvalue weighted by atomic mass is 9.81. The van der Waals surface area contributed by atoms with Gasteiger partial charge in [-0.1, -0.05) is 49.6 Å². The molecule has 1 aromatic carbocycles. The molecule has 1 aromatic rings. The lowest BCUT2D eigenvalue weighted by Gasteiger charge is -2.35. The molecule has 0 bridgehead atoms. The highest BCUT2D eigenvalue weighted by atomic mass is 16.2. The maximum absolute atomic E-state index is 13.0. The van der Waals surface area contributed by atoms with Gasteiger partial charge in [0.15, 0.2) is 0 Å². The van der Waals surface area contributed by atoms with Crippen molar-refractivity contribution in [1.82, 2.24) is 14.7 Å². The number of imide groups is 1. The molecule has 1 aliphatic heterocycles. The number of hydrogen-bond donors (Lipinski definition) is 0. The molecule has 2 fully saturated rings. The van der Waals surface area contributed by atoms with E-state index >= 15 is 0 Å². The molecule has 1 saturated heterocycles. The van der Waals surface area contributed by atoms with Crippen LogP contribution in [0.4, 0.5) is 4.79 Å². The minimum atomic E-state index is -0.725. The first-order valence-electron chi connectivity index (χ1n) is 9.91. The van der Waals surface area contributed by atoms with Gasteiger partial charge in [-0.05, 0) is 31.7 Å². The van der Waals surface area contributed by atoms with E-state index in [0.717, 1.165) is 31.2 Å². The molecule has 1 aliphatic carbocycles. The molecule has 6 heteroatoms. The summed E-state index contributed by atoms with van der Waals surface area (Å²) >= 11 is 0. The molecule has 0 unspecified atom stereocenters. The Morgan fingerprint density at radius 1 is 1.11 bits per heavy atom. The van der Waals surface area contributed by atoms with Crippen molar-refractivity contribution in [3.05, 3.63) is 35.9 Å². The first-order chi connectivity index (χ1) is 13.0. The molecule has 0 atom stereocenters. The molecule has 6 nitrogen and oxygen atoms in total. The molecule has 3 rings (SSSR count). The van der Waals surface area contributed by atoms with Crippen LogP contribution in [-0.4, -0.2) is 64.8 Å². The van der Waals surface area contributed by atoms with Crippen LogP contribution in [0.3, 0.4) is 0 Å². The van der Waals surface area contributed by atoms with E-state index in [1.807, 2.05) is 37.3 Å². The van der Waals surface area contributed by atoms with E-state index < -0.39 is 5.54 Å². The van der Waals surface area contributed by atoms with Gasteiger partial charge in [0.25, 0.3) is 5.91 Å². The van der Waals surface area contributed by atoms with Gasteiger partial charge in [-0.3, -0.25) is 14.5 Å². The Morgan fingerprint density at radius 3 is 2.41 bits per heavy atom. The molecule has 1 heterocycles. The summed E-state index contributed by atoms with van der Waals surface area (Å²) in [6, 6.07) is 9.66. The predicted octanol–water partition coefficient (Wildman–Crippen LogP) is 2.67. The summed E-state index contributed by atoms with van der Waals surface area (Å²) in [7, 11) is 1.70. The first kappa shape index (κ1) is 19.4. The van der Waals surface area contributed by atoms with Gasteiger partial charge < -0.3 is 9.80 Å². The van der Waals surface area contributed by atoms with Crippen LogP contribution in [0.2, 0.25) is 0 Å². The van der Waals surface area contributed by atoms with Crippen LogP contribution in [0.15, 0.2) is 30.3 Å². The second-order valence-corrected chi connectivity index (χ2v) is 7.53. The van der Waals surface area contributed by atoms with Crippen LogP contribution < -0.4 is 0 Å². The minimum absolute atomic E-state index is 0.160. The molecular weight excluding hydrogens is 342 g/mol. The zero-order chi connectivity index (χ0) is 19.4. The zero-order valence-electron chi connectivity index (χ0n) is 16.3. The summed E-state index contributed by atoms with van der Waals surface area (Å²) < 4.78 is 0. The summed E-state index contributed by atoms with van der Waals surface area (Å²) in [6.07, 6.45) is 5.15. The van der Waals surface area contributed by atoms with Gasteiger partial charge in [-0.25, -0.2) is 4.79 Å². The minimum Gasteiger partial charge on any atom is -0.341 e. The zero-order valence-corrected chi connectivity index (χ0v) is 16.3. The van der Waals surface area contributed by atoms with Gasteiger partial charge in [0.05, 0.1) is 0 Å². The van der Waals surface area contributed by atoms with Crippen LogP contribution in [0.25, 0.3) is 0 Å². The third-order valence-electron chi connectivity index (χ3n) is 6.02. The highest BCUT2D eigenvalue weighted by Gasteiger charge is 2.55. The quantitative estimate of drug-likeness (QED) is 0.723. The molecule has 2 aliphatic rings. The van der Waals surface area contributed by atoms with Crippen LogP contribution in [0.1, 0.15) is 44.6 Å². The van der Waals surface area contributed by atoms with Gasteiger partial charge in [-0.2, -0.15) is 0 Å². The van der Waals surface area contributed by atoms with Crippen molar-refractivity contribution in [2.75, 3.05) is 26.7 Å². The van der Waals surface area contributed by atoms with Gasteiger partial charge in [0.1, 0.15) is 12.1 Å². The highest BCUT2D eigenvalue weighted by molar-refractivity contribution is 6.08. The fourth-order valence-electron chi connectivity index (χ4n) is 4.27. The Bertz CT molecular complexity index is 698. The lowest BCUT2D eigenvalue weighted by molar-refractivity contribution is -0.140. The fourth-order valence-corrected chi connectivity index (χ4v) is 4.27. The number of likely N-dealkylation sites (N-methyl/N-ethyl adjacent to an activating group) is 2. The van der Waals surface area contributed by atoms with E-state index in [2.05, 4.69) is 0 Å².